The van der Waals surface area contributed by atoms with Crippen LogP contribution in [0.3, 0.4) is 0 Å². The van der Waals surface area contributed by atoms with Crippen LogP contribution in [0.5, 0.6) is 5.75 Å². The van der Waals surface area contributed by atoms with Gasteiger partial charge in [-0.15, -0.1) is 0 Å². The van der Waals surface area contributed by atoms with Crippen molar-refractivity contribution < 1.29 is 5.11 Å². The average Bonchev–Trinajstić information content (AvgIpc) is 2.21. The molecular weight excluding hydrogens is 172 g/mol. The number of fused-ring (bicyclic) bond motifs is 1. The van der Waals surface area contributed by atoms with Gasteiger partial charge < -0.3 is 5.11 Å². The van der Waals surface area contributed by atoms with Gasteiger partial charge >= 0.3 is 0 Å². The molecule has 0 saturated carbocycles. The van der Waals surface area contributed by atoms with E-state index < -0.39 is 0 Å². The number of aryl methyl sites for hydroxylation is 1. The van der Waals surface area contributed by atoms with Gasteiger partial charge in [-0.05, 0) is 29.8 Å². The second kappa shape index (κ2) is 4.66. The third kappa shape index (κ3) is 2.25. The second-order valence-corrected chi connectivity index (χ2v) is 3.03. The van der Waals surface area contributed by atoms with E-state index >= 15 is 0 Å². The lowest BCUT2D eigenvalue weighted by atomic mass is 10.1. The number of hydrogen-bond donors (Lipinski definition) is 1. The molecule has 0 aliphatic rings. The smallest absolute Gasteiger partial charge is 0.116 e. The van der Waals surface area contributed by atoms with Crippen LogP contribution in [0.2, 0.25) is 0 Å². The van der Waals surface area contributed by atoms with E-state index in [1.807, 2.05) is 32.0 Å². The lowest BCUT2D eigenvalue weighted by Crippen LogP contribution is -1.74. The molecule has 0 bridgehead atoms. The molecule has 0 atom stereocenters. The van der Waals surface area contributed by atoms with Gasteiger partial charge in [0.1, 0.15) is 5.75 Å². The fourth-order valence-electron chi connectivity index (χ4n) is 1.35. The van der Waals surface area contributed by atoms with Gasteiger partial charge in [0.25, 0.3) is 0 Å². The largest absolute Gasteiger partial charge is 0.508 e. The summed E-state index contributed by atoms with van der Waals surface area (Å²) in [6.45, 7) is 6.06. The van der Waals surface area contributed by atoms with Crippen LogP contribution < -0.4 is 0 Å². The van der Waals surface area contributed by atoms with E-state index in [9.17, 15) is 5.11 Å². The topological polar surface area (TPSA) is 20.2 Å². The Bertz CT molecular complexity index is 377. The first-order valence-corrected chi connectivity index (χ1v) is 4.95. The summed E-state index contributed by atoms with van der Waals surface area (Å²) in [4.78, 5) is 0. The van der Waals surface area contributed by atoms with E-state index in [4.69, 9.17) is 0 Å². The van der Waals surface area contributed by atoms with Crippen LogP contribution in [0.4, 0.5) is 0 Å². The zero-order valence-electron chi connectivity index (χ0n) is 8.91. The molecule has 0 spiro atoms. The molecule has 0 heterocycles. The highest BCUT2D eigenvalue weighted by molar-refractivity contribution is 5.84. The summed E-state index contributed by atoms with van der Waals surface area (Å²) in [6, 6.07) is 11.6. The number of hydrogen-bond acceptors (Lipinski definition) is 1. The molecule has 14 heavy (non-hydrogen) atoms. The van der Waals surface area contributed by atoms with Crippen molar-refractivity contribution in [1.82, 2.24) is 0 Å². The fourth-order valence-corrected chi connectivity index (χ4v) is 1.35. The van der Waals surface area contributed by atoms with Gasteiger partial charge in [0, 0.05) is 0 Å². The summed E-state index contributed by atoms with van der Waals surface area (Å²) in [6.07, 6.45) is 0. The average molecular weight is 188 g/mol. The summed E-state index contributed by atoms with van der Waals surface area (Å²) < 4.78 is 0. The summed E-state index contributed by atoms with van der Waals surface area (Å²) in [7, 11) is 0. The van der Waals surface area contributed by atoms with Crippen molar-refractivity contribution in [2.24, 2.45) is 0 Å². The van der Waals surface area contributed by atoms with Crippen LogP contribution in [0, 0.1) is 6.92 Å². The number of benzene rings is 2. The molecule has 0 saturated heterocycles. The normalized spacial score (nSPS) is 9.36. The molecule has 0 aromatic heterocycles. The lowest BCUT2D eigenvalue weighted by Gasteiger charge is -1.99. The fraction of sp³-hybridized carbons (Fsp3) is 0.231. The molecule has 1 N–H and O–H groups in total. The minimum Gasteiger partial charge on any atom is -0.508 e. The Morgan fingerprint density at radius 3 is 2.14 bits per heavy atom. The maximum absolute atomic E-state index is 9.20. The summed E-state index contributed by atoms with van der Waals surface area (Å²) in [5, 5.41) is 11.5. The third-order valence-corrected chi connectivity index (χ3v) is 1.98. The molecular formula is C13H16O. The zero-order chi connectivity index (χ0) is 10.6. The third-order valence-electron chi connectivity index (χ3n) is 1.98. The van der Waals surface area contributed by atoms with Crippen LogP contribution in [0.15, 0.2) is 36.4 Å². The molecule has 2 rings (SSSR count). The highest BCUT2D eigenvalue weighted by atomic mass is 16.3. The summed E-state index contributed by atoms with van der Waals surface area (Å²) in [5.74, 6) is 0.325. The Balaban J connectivity index is 0.000000461. The first kappa shape index (κ1) is 10.6. The SMILES string of the molecule is CC.Cc1ccc2cc(O)ccc2c1. The van der Waals surface area contributed by atoms with E-state index in [1.54, 1.807) is 12.1 Å². The first-order valence-electron chi connectivity index (χ1n) is 4.95. The quantitative estimate of drug-likeness (QED) is 0.665. The summed E-state index contributed by atoms with van der Waals surface area (Å²) >= 11 is 0. The zero-order valence-corrected chi connectivity index (χ0v) is 8.91. The number of phenolic OH excluding ortho intramolecular Hbond substituents is 1. The number of rotatable bonds is 0. The van der Waals surface area contributed by atoms with Crippen LogP contribution in [-0.2, 0) is 0 Å². The van der Waals surface area contributed by atoms with E-state index in [1.165, 1.54) is 10.9 Å². The summed E-state index contributed by atoms with van der Waals surface area (Å²) in [5.41, 5.74) is 1.24. The molecule has 0 unspecified atom stereocenters. The molecule has 0 fully saturated rings. The number of aromatic hydroxyl groups is 1. The molecule has 74 valence electrons. The predicted molar refractivity (Wildman–Crippen MR) is 61.7 cm³/mol. The van der Waals surface area contributed by atoms with Crippen molar-refractivity contribution in [3.63, 3.8) is 0 Å². The van der Waals surface area contributed by atoms with Gasteiger partial charge in [0.05, 0.1) is 0 Å². The highest BCUT2D eigenvalue weighted by Gasteiger charge is 1.93. The van der Waals surface area contributed by atoms with E-state index in [0.29, 0.717) is 5.75 Å². The maximum Gasteiger partial charge on any atom is 0.116 e. The van der Waals surface area contributed by atoms with Crippen LogP contribution >= 0.6 is 0 Å². The highest BCUT2D eigenvalue weighted by Crippen LogP contribution is 2.20. The molecule has 2 aromatic rings. The Morgan fingerprint density at radius 2 is 1.43 bits per heavy atom. The van der Waals surface area contributed by atoms with Crippen molar-refractivity contribution in [1.29, 1.82) is 0 Å². The van der Waals surface area contributed by atoms with E-state index in [2.05, 4.69) is 13.0 Å². The maximum atomic E-state index is 9.20. The molecule has 2 aromatic carbocycles. The Kier molecular flexibility index (Phi) is 3.52. The molecule has 0 radical (unpaired) electrons. The van der Waals surface area contributed by atoms with Crippen LogP contribution in [0.1, 0.15) is 19.4 Å². The Morgan fingerprint density at radius 1 is 0.857 bits per heavy atom. The van der Waals surface area contributed by atoms with Gasteiger partial charge in [-0.2, -0.15) is 0 Å². The number of phenols is 1. The minimum atomic E-state index is 0.325. The molecule has 1 heteroatoms. The van der Waals surface area contributed by atoms with Crippen molar-refractivity contribution in [3.8, 4) is 5.75 Å². The van der Waals surface area contributed by atoms with Crippen LogP contribution in [0.25, 0.3) is 10.8 Å². The first-order chi connectivity index (χ1) is 6.75. The standard InChI is InChI=1S/C11H10O.C2H6/c1-8-2-3-10-7-11(12)5-4-9(10)6-8;1-2/h2-7,12H,1H3;1-2H3. The lowest BCUT2D eigenvalue weighted by molar-refractivity contribution is 0.476. The van der Waals surface area contributed by atoms with Crippen molar-refractivity contribution in [2.45, 2.75) is 20.8 Å². The monoisotopic (exact) mass is 188 g/mol. The Labute approximate surface area is 85.0 Å². The van der Waals surface area contributed by atoms with Crippen molar-refractivity contribution in [3.05, 3.63) is 42.0 Å². The Hall–Kier alpha value is -1.50. The van der Waals surface area contributed by atoms with Gasteiger partial charge in [-0.3, -0.25) is 0 Å². The molecule has 0 amide bonds. The van der Waals surface area contributed by atoms with E-state index in [0.717, 1.165) is 5.39 Å². The van der Waals surface area contributed by atoms with Crippen molar-refractivity contribution in [2.75, 3.05) is 0 Å². The van der Waals surface area contributed by atoms with Gasteiger partial charge in [-0.25, -0.2) is 0 Å². The second-order valence-electron chi connectivity index (χ2n) is 3.03. The van der Waals surface area contributed by atoms with Gasteiger partial charge in [0.15, 0.2) is 0 Å². The van der Waals surface area contributed by atoms with Crippen molar-refractivity contribution >= 4 is 10.8 Å². The predicted octanol–water partition coefficient (Wildman–Crippen LogP) is 3.88. The molecule has 1 nitrogen and oxygen atoms in total. The molecule has 0 aliphatic carbocycles. The van der Waals surface area contributed by atoms with Crippen LogP contribution in [-0.4, -0.2) is 5.11 Å². The van der Waals surface area contributed by atoms with Gasteiger partial charge in [-0.1, -0.05) is 43.7 Å². The molecule has 0 aliphatic heterocycles. The van der Waals surface area contributed by atoms with E-state index in [-0.39, 0.29) is 0 Å². The van der Waals surface area contributed by atoms with Gasteiger partial charge in [0.2, 0.25) is 0 Å². The minimum absolute atomic E-state index is 0.325.